The van der Waals surface area contributed by atoms with Gasteiger partial charge in [0.2, 0.25) is 11.9 Å². The molecule has 0 atom stereocenters. The maximum atomic E-state index is 11.8. The van der Waals surface area contributed by atoms with E-state index in [9.17, 15) is 9.59 Å². The van der Waals surface area contributed by atoms with Crippen LogP contribution in [0.2, 0.25) is 0 Å². The largest absolute Gasteiger partial charge is 0.459 e. The van der Waals surface area contributed by atoms with Crippen LogP contribution in [0.5, 0.6) is 0 Å². The fourth-order valence-electron chi connectivity index (χ4n) is 1.62. The smallest absolute Gasteiger partial charge is 0.293 e. The molecule has 0 aliphatic heterocycles. The molecule has 9 nitrogen and oxygen atoms in total. The molecular weight excluding hydrogens is 308 g/mol. The van der Waals surface area contributed by atoms with Gasteiger partial charge in [0.1, 0.15) is 6.33 Å². The molecule has 0 bridgehead atoms. The summed E-state index contributed by atoms with van der Waals surface area (Å²) in [6, 6.07) is 3.17. The Bertz CT molecular complexity index is 765. The molecule has 0 saturated heterocycles. The van der Waals surface area contributed by atoms with E-state index in [4.69, 9.17) is 4.42 Å². The first kappa shape index (κ1) is 13.9. The highest BCUT2D eigenvalue weighted by atomic mass is 32.1. The predicted octanol–water partition coefficient (Wildman–Crippen LogP) is 1.29. The van der Waals surface area contributed by atoms with Gasteiger partial charge in [0.15, 0.2) is 10.9 Å². The number of thiazole rings is 1. The van der Waals surface area contributed by atoms with E-state index in [1.165, 1.54) is 23.9 Å². The van der Waals surface area contributed by atoms with Gasteiger partial charge in [-0.1, -0.05) is 0 Å². The number of anilines is 2. The molecule has 0 spiro atoms. The van der Waals surface area contributed by atoms with Crippen molar-refractivity contribution in [3.63, 3.8) is 0 Å². The van der Waals surface area contributed by atoms with Crippen LogP contribution >= 0.6 is 11.3 Å². The highest BCUT2D eigenvalue weighted by molar-refractivity contribution is 7.14. The minimum absolute atomic E-state index is 0.0633. The number of carbonyl (C=O) groups excluding carboxylic acids is 2. The van der Waals surface area contributed by atoms with Gasteiger partial charge in [-0.05, 0) is 12.1 Å². The van der Waals surface area contributed by atoms with E-state index < -0.39 is 5.91 Å². The first-order valence-corrected chi connectivity index (χ1v) is 7.03. The molecule has 2 amide bonds. The van der Waals surface area contributed by atoms with E-state index in [1.807, 2.05) is 0 Å². The summed E-state index contributed by atoms with van der Waals surface area (Å²) in [5.41, 5.74) is 0.539. The van der Waals surface area contributed by atoms with Crippen LogP contribution in [0.3, 0.4) is 0 Å². The molecule has 0 aliphatic rings. The van der Waals surface area contributed by atoms with Gasteiger partial charge in [0.05, 0.1) is 18.4 Å². The minimum Gasteiger partial charge on any atom is -0.459 e. The molecule has 0 unspecified atom stereocenters. The standard InChI is InChI=1S/C12H10N6O3S/c19-9(16-11-13-6-14-18-11)4-7-5-22-12(15-7)17-10(20)8-2-1-3-21-8/h1-3,5-6H,4H2,(H,15,17,20)(H2,13,14,16,18,19). The number of hydrogen-bond donors (Lipinski definition) is 3. The maximum Gasteiger partial charge on any atom is 0.293 e. The van der Waals surface area contributed by atoms with Gasteiger partial charge in [-0.25, -0.2) is 10.1 Å². The number of aromatic amines is 1. The molecule has 0 aromatic carbocycles. The fourth-order valence-corrected chi connectivity index (χ4v) is 2.32. The average molecular weight is 318 g/mol. The van der Waals surface area contributed by atoms with E-state index in [-0.39, 0.29) is 24.0 Å². The van der Waals surface area contributed by atoms with Crippen molar-refractivity contribution in [3.8, 4) is 0 Å². The van der Waals surface area contributed by atoms with E-state index >= 15 is 0 Å². The van der Waals surface area contributed by atoms with Crippen LogP contribution in [-0.4, -0.2) is 32.0 Å². The Kier molecular flexibility index (Phi) is 3.92. The van der Waals surface area contributed by atoms with Crippen molar-refractivity contribution >= 4 is 34.2 Å². The third-order valence-corrected chi connectivity index (χ3v) is 3.34. The Hall–Kier alpha value is -3.01. The third kappa shape index (κ3) is 3.35. The lowest BCUT2D eigenvalue weighted by Gasteiger charge is -1.99. The van der Waals surface area contributed by atoms with Crippen LogP contribution in [0, 0.1) is 0 Å². The van der Waals surface area contributed by atoms with Gasteiger partial charge in [-0.15, -0.1) is 11.3 Å². The number of nitrogens with zero attached hydrogens (tertiary/aromatic N) is 3. The minimum atomic E-state index is -0.392. The van der Waals surface area contributed by atoms with Gasteiger partial charge in [-0.2, -0.15) is 10.1 Å². The average Bonchev–Trinajstić information content (AvgIpc) is 3.20. The summed E-state index contributed by atoms with van der Waals surface area (Å²) in [6.07, 6.45) is 2.77. The maximum absolute atomic E-state index is 11.8. The number of nitrogens with one attached hydrogen (secondary N) is 3. The third-order valence-electron chi connectivity index (χ3n) is 2.53. The number of rotatable bonds is 5. The Labute approximate surface area is 127 Å². The van der Waals surface area contributed by atoms with Crippen molar-refractivity contribution in [2.75, 3.05) is 10.6 Å². The summed E-state index contributed by atoms with van der Waals surface area (Å²) in [7, 11) is 0. The number of amides is 2. The lowest BCUT2D eigenvalue weighted by Crippen LogP contribution is -2.16. The van der Waals surface area contributed by atoms with Crippen molar-refractivity contribution in [1.82, 2.24) is 20.2 Å². The Morgan fingerprint density at radius 1 is 1.36 bits per heavy atom. The normalized spacial score (nSPS) is 10.4. The molecule has 0 fully saturated rings. The Morgan fingerprint density at radius 3 is 3.00 bits per heavy atom. The molecule has 3 aromatic heterocycles. The number of furan rings is 1. The van der Waals surface area contributed by atoms with Crippen molar-refractivity contribution < 1.29 is 14.0 Å². The molecular formula is C12H10N6O3S. The second-order valence-electron chi connectivity index (χ2n) is 4.13. The van der Waals surface area contributed by atoms with Gasteiger partial charge in [0, 0.05) is 5.38 Å². The van der Waals surface area contributed by atoms with Gasteiger partial charge < -0.3 is 4.42 Å². The van der Waals surface area contributed by atoms with Crippen molar-refractivity contribution in [2.45, 2.75) is 6.42 Å². The van der Waals surface area contributed by atoms with Crippen molar-refractivity contribution in [3.05, 3.63) is 41.6 Å². The molecule has 22 heavy (non-hydrogen) atoms. The topological polar surface area (TPSA) is 126 Å². The second kappa shape index (κ2) is 6.18. The summed E-state index contributed by atoms with van der Waals surface area (Å²) in [5.74, 6) is -0.214. The predicted molar refractivity (Wildman–Crippen MR) is 77.5 cm³/mol. The van der Waals surface area contributed by atoms with Crippen LogP contribution in [0.25, 0.3) is 0 Å². The number of H-pyrrole nitrogens is 1. The van der Waals surface area contributed by atoms with Gasteiger partial charge in [0.25, 0.3) is 5.91 Å². The molecule has 3 aromatic rings. The van der Waals surface area contributed by atoms with Crippen LogP contribution in [0.15, 0.2) is 34.5 Å². The quantitative estimate of drug-likeness (QED) is 0.650. The van der Waals surface area contributed by atoms with Crippen LogP contribution < -0.4 is 10.6 Å². The second-order valence-corrected chi connectivity index (χ2v) is 4.99. The zero-order valence-electron chi connectivity index (χ0n) is 11.1. The van der Waals surface area contributed by atoms with Crippen LogP contribution in [-0.2, 0) is 11.2 Å². The molecule has 3 rings (SSSR count). The van der Waals surface area contributed by atoms with Crippen LogP contribution in [0.1, 0.15) is 16.2 Å². The van der Waals surface area contributed by atoms with Crippen LogP contribution in [0.4, 0.5) is 11.1 Å². The number of hydrogen-bond acceptors (Lipinski definition) is 7. The Balaban J connectivity index is 1.57. The number of carbonyl (C=O) groups is 2. The van der Waals surface area contributed by atoms with E-state index in [0.717, 1.165) is 0 Å². The van der Waals surface area contributed by atoms with E-state index in [1.54, 1.807) is 17.5 Å². The molecule has 0 radical (unpaired) electrons. The van der Waals surface area contributed by atoms with Gasteiger partial charge >= 0.3 is 0 Å². The zero-order chi connectivity index (χ0) is 15.4. The molecule has 0 saturated carbocycles. The lowest BCUT2D eigenvalue weighted by molar-refractivity contribution is -0.115. The summed E-state index contributed by atoms with van der Waals surface area (Å²) >= 11 is 1.22. The summed E-state index contributed by atoms with van der Waals surface area (Å²) < 4.78 is 4.98. The molecule has 0 aliphatic carbocycles. The zero-order valence-corrected chi connectivity index (χ0v) is 11.9. The molecule has 3 heterocycles. The lowest BCUT2D eigenvalue weighted by atomic mass is 10.3. The van der Waals surface area contributed by atoms with E-state index in [2.05, 4.69) is 30.8 Å². The first-order valence-electron chi connectivity index (χ1n) is 6.15. The highest BCUT2D eigenvalue weighted by Gasteiger charge is 2.13. The molecule has 112 valence electrons. The van der Waals surface area contributed by atoms with Gasteiger partial charge in [-0.3, -0.25) is 20.2 Å². The first-order chi connectivity index (χ1) is 10.7. The monoisotopic (exact) mass is 318 g/mol. The van der Waals surface area contributed by atoms with Crippen molar-refractivity contribution in [1.29, 1.82) is 0 Å². The summed E-state index contributed by atoms with van der Waals surface area (Å²) in [6.45, 7) is 0. The molecule has 3 N–H and O–H groups in total. The van der Waals surface area contributed by atoms with E-state index in [0.29, 0.717) is 10.8 Å². The fraction of sp³-hybridized carbons (Fsp3) is 0.0833. The SMILES string of the molecule is O=C(Cc1csc(NC(=O)c2ccco2)n1)Nc1ncn[nH]1. The van der Waals surface area contributed by atoms with Crippen molar-refractivity contribution in [2.24, 2.45) is 0 Å². The molecule has 10 heteroatoms. The number of aromatic nitrogens is 4. The Morgan fingerprint density at radius 2 is 2.27 bits per heavy atom. The highest BCUT2D eigenvalue weighted by Crippen LogP contribution is 2.17. The summed E-state index contributed by atoms with van der Waals surface area (Å²) in [4.78, 5) is 31.5. The summed E-state index contributed by atoms with van der Waals surface area (Å²) in [5, 5.41) is 13.4.